The van der Waals surface area contributed by atoms with Crippen LogP contribution in [0.15, 0.2) is 22.9 Å². The van der Waals surface area contributed by atoms with Gasteiger partial charge in [0.1, 0.15) is 12.4 Å². The number of hydrogen-bond donors (Lipinski definition) is 1. The van der Waals surface area contributed by atoms with Crippen LogP contribution in [0.25, 0.3) is 0 Å². The first kappa shape index (κ1) is 11.5. The second kappa shape index (κ2) is 6.79. The van der Waals surface area contributed by atoms with E-state index in [1.54, 1.807) is 12.4 Å². The number of nitrogens with one attached hydrogen (secondary N) is 1. The van der Waals surface area contributed by atoms with Crippen LogP contribution in [0.2, 0.25) is 0 Å². The standard InChI is InChI=1S/C10H15BrN2O/c1-2-4-12-6-7-14-10-3-5-13-8-9(10)11/h3,5,8,12H,2,4,6-7H2,1H3. The Kier molecular flexibility index (Phi) is 5.56. The molecule has 0 aliphatic heterocycles. The third-order valence-corrected chi connectivity index (χ3v) is 2.29. The summed E-state index contributed by atoms with van der Waals surface area (Å²) in [6, 6.07) is 1.85. The van der Waals surface area contributed by atoms with Gasteiger partial charge in [0.25, 0.3) is 0 Å². The number of nitrogens with zero attached hydrogens (tertiary/aromatic N) is 1. The van der Waals surface area contributed by atoms with Gasteiger partial charge in [0.2, 0.25) is 0 Å². The van der Waals surface area contributed by atoms with Gasteiger partial charge in [-0.2, -0.15) is 0 Å². The lowest BCUT2D eigenvalue weighted by Crippen LogP contribution is -2.21. The highest BCUT2D eigenvalue weighted by Crippen LogP contribution is 2.22. The summed E-state index contributed by atoms with van der Waals surface area (Å²) in [4.78, 5) is 3.96. The van der Waals surface area contributed by atoms with Crippen molar-refractivity contribution >= 4 is 15.9 Å². The van der Waals surface area contributed by atoms with Crippen molar-refractivity contribution < 1.29 is 4.74 Å². The van der Waals surface area contributed by atoms with Crippen LogP contribution in [0.1, 0.15) is 13.3 Å². The minimum atomic E-state index is 0.683. The zero-order chi connectivity index (χ0) is 10.2. The second-order valence-corrected chi connectivity index (χ2v) is 3.76. The van der Waals surface area contributed by atoms with Crippen LogP contribution in [-0.2, 0) is 0 Å². The Labute approximate surface area is 93.0 Å². The molecule has 0 saturated carbocycles. The Balaban J connectivity index is 2.21. The van der Waals surface area contributed by atoms with Crippen LogP contribution in [0.5, 0.6) is 5.75 Å². The van der Waals surface area contributed by atoms with Crippen molar-refractivity contribution in [2.45, 2.75) is 13.3 Å². The molecule has 0 atom stereocenters. The zero-order valence-electron chi connectivity index (χ0n) is 8.29. The lowest BCUT2D eigenvalue weighted by atomic mass is 10.4. The van der Waals surface area contributed by atoms with E-state index in [0.29, 0.717) is 6.61 Å². The maximum atomic E-state index is 5.53. The predicted molar refractivity (Wildman–Crippen MR) is 60.6 cm³/mol. The van der Waals surface area contributed by atoms with Gasteiger partial charge in [-0.1, -0.05) is 6.92 Å². The predicted octanol–water partition coefficient (Wildman–Crippen LogP) is 2.22. The highest BCUT2D eigenvalue weighted by molar-refractivity contribution is 9.10. The molecule has 0 aliphatic rings. The highest BCUT2D eigenvalue weighted by Gasteiger charge is 1.98. The molecule has 1 aromatic heterocycles. The van der Waals surface area contributed by atoms with Crippen LogP contribution in [-0.4, -0.2) is 24.7 Å². The Bertz CT molecular complexity index is 268. The van der Waals surface area contributed by atoms with E-state index in [1.807, 2.05) is 6.07 Å². The summed E-state index contributed by atoms with van der Waals surface area (Å²) in [7, 11) is 0. The fourth-order valence-corrected chi connectivity index (χ4v) is 1.38. The van der Waals surface area contributed by atoms with E-state index >= 15 is 0 Å². The molecule has 1 aromatic rings. The number of rotatable bonds is 6. The van der Waals surface area contributed by atoms with Crippen LogP contribution in [0, 0.1) is 0 Å². The van der Waals surface area contributed by atoms with Crippen molar-refractivity contribution in [3.63, 3.8) is 0 Å². The minimum absolute atomic E-state index is 0.683. The molecule has 0 bridgehead atoms. The molecule has 0 saturated heterocycles. The van der Waals surface area contributed by atoms with Crippen LogP contribution < -0.4 is 10.1 Å². The number of pyridine rings is 1. The first-order valence-corrected chi connectivity index (χ1v) is 5.57. The van der Waals surface area contributed by atoms with Gasteiger partial charge in [-0.15, -0.1) is 0 Å². The van der Waals surface area contributed by atoms with E-state index in [0.717, 1.165) is 29.7 Å². The molecule has 1 heterocycles. The molecular formula is C10H15BrN2O. The third-order valence-electron chi connectivity index (χ3n) is 1.70. The molecule has 0 unspecified atom stereocenters. The van der Waals surface area contributed by atoms with Gasteiger partial charge in [0.15, 0.2) is 0 Å². The fraction of sp³-hybridized carbons (Fsp3) is 0.500. The molecule has 0 fully saturated rings. The summed E-state index contributed by atoms with van der Waals surface area (Å²) < 4.78 is 6.43. The molecule has 1 N–H and O–H groups in total. The van der Waals surface area contributed by atoms with Crippen LogP contribution >= 0.6 is 15.9 Å². The molecule has 0 amide bonds. The van der Waals surface area contributed by atoms with Crippen LogP contribution in [0.3, 0.4) is 0 Å². The zero-order valence-corrected chi connectivity index (χ0v) is 9.88. The molecule has 0 aliphatic carbocycles. The maximum Gasteiger partial charge on any atom is 0.136 e. The SMILES string of the molecule is CCCNCCOc1ccncc1Br. The maximum absolute atomic E-state index is 5.53. The topological polar surface area (TPSA) is 34.1 Å². The average Bonchev–Trinajstić information content (AvgIpc) is 2.20. The summed E-state index contributed by atoms with van der Waals surface area (Å²) in [5.41, 5.74) is 0. The molecule has 78 valence electrons. The first-order valence-electron chi connectivity index (χ1n) is 4.77. The van der Waals surface area contributed by atoms with Crippen molar-refractivity contribution in [2.75, 3.05) is 19.7 Å². The molecule has 4 heteroatoms. The lowest BCUT2D eigenvalue weighted by molar-refractivity contribution is 0.312. The van der Waals surface area contributed by atoms with Gasteiger partial charge >= 0.3 is 0 Å². The van der Waals surface area contributed by atoms with E-state index in [1.165, 1.54) is 0 Å². The highest BCUT2D eigenvalue weighted by atomic mass is 79.9. The number of aromatic nitrogens is 1. The number of ether oxygens (including phenoxy) is 1. The van der Waals surface area contributed by atoms with E-state index in [-0.39, 0.29) is 0 Å². The summed E-state index contributed by atoms with van der Waals surface area (Å²) in [6.45, 7) is 4.75. The Morgan fingerprint density at radius 1 is 1.50 bits per heavy atom. The number of hydrogen-bond acceptors (Lipinski definition) is 3. The molecule has 14 heavy (non-hydrogen) atoms. The minimum Gasteiger partial charge on any atom is -0.491 e. The van der Waals surface area contributed by atoms with E-state index < -0.39 is 0 Å². The van der Waals surface area contributed by atoms with Crippen molar-refractivity contribution in [3.05, 3.63) is 22.9 Å². The Morgan fingerprint density at radius 3 is 3.07 bits per heavy atom. The summed E-state index contributed by atoms with van der Waals surface area (Å²) in [5.74, 6) is 0.846. The van der Waals surface area contributed by atoms with E-state index in [4.69, 9.17) is 4.74 Å². The van der Waals surface area contributed by atoms with Gasteiger partial charge in [-0.05, 0) is 35.0 Å². The molecule has 0 radical (unpaired) electrons. The second-order valence-electron chi connectivity index (χ2n) is 2.90. The van der Waals surface area contributed by atoms with E-state index in [2.05, 4.69) is 33.2 Å². The molecular weight excluding hydrogens is 244 g/mol. The molecule has 1 rings (SSSR count). The van der Waals surface area contributed by atoms with Crippen molar-refractivity contribution in [1.29, 1.82) is 0 Å². The first-order chi connectivity index (χ1) is 6.84. The van der Waals surface area contributed by atoms with Gasteiger partial charge < -0.3 is 10.1 Å². The molecule has 0 aromatic carbocycles. The van der Waals surface area contributed by atoms with Gasteiger partial charge in [0, 0.05) is 18.9 Å². The summed E-state index contributed by atoms with van der Waals surface area (Å²) in [5, 5.41) is 3.27. The van der Waals surface area contributed by atoms with E-state index in [9.17, 15) is 0 Å². The van der Waals surface area contributed by atoms with Gasteiger partial charge in [0.05, 0.1) is 4.47 Å². The monoisotopic (exact) mass is 258 g/mol. The van der Waals surface area contributed by atoms with Crippen molar-refractivity contribution in [2.24, 2.45) is 0 Å². The fourth-order valence-electron chi connectivity index (χ4n) is 1.01. The Morgan fingerprint density at radius 2 is 2.36 bits per heavy atom. The third kappa shape index (κ3) is 4.07. The normalized spacial score (nSPS) is 10.1. The average molecular weight is 259 g/mol. The number of halogens is 1. The van der Waals surface area contributed by atoms with Gasteiger partial charge in [-0.25, -0.2) is 0 Å². The molecule has 0 spiro atoms. The van der Waals surface area contributed by atoms with Crippen molar-refractivity contribution in [3.8, 4) is 5.75 Å². The van der Waals surface area contributed by atoms with Crippen LogP contribution in [0.4, 0.5) is 0 Å². The Hall–Kier alpha value is -0.610. The van der Waals surface area contributed by atoms with Crippen molar-refractivity contribution in [1.82, 2.24) is 10.3 Å². The largest absolute Gasteiger partial charge is 0.491 e. The van der Waals surface area contributed by atoms with Gasteiger partial charge in [-0.3, -0.25) is 4.98 Å². The quantitative estimate of drug-likeness (QED) is 0.795. The molecule has 3 nitrogen and oxygen atoms in total. The summed E-state index contributed by atoms with van der Waals surface area (Å²) >= 11 is 3.37. The smallest absolute Gasteiger partial charge is 0.136 e. The lowest BCUT2D eigenvalue weighted by Gasteiger charge is -2.07. The summed E-state index contributed by atoms with van der Waals surface area (Å²) in [6.07, 6.45) is 4.60.